The minimum absolute atomic E-state index is 0.0664. The van der Waals surface area contributed by atoms with Gasteiger partial charge in [0.1, 0.15) is 0 Å². The van der Waals surface area contributed by atoms with Gasteiger partial charge in [0.25, 0.3) is 0 Å². The molecule has 88 valence electrons. The van der Waals surface area contributed by atoms with Crippen LogP contribution >= 0.6 is 0 Å². The van der Waals surface area contributed by atoms with Crippen molar-refractivity contribution in [1.29, 1.82) is 0 Å². The molecule has 2 aliphatic rings. The van der Waals surface area contributed by atoms with Crippen molar-refractivity contribution in [3.63, 3.8) is 0 Å². The molecule has 0 saturated carbocycles. The molecule has 0 radical (unpaired) electrons. The second-order valence-electron chi connectivity index (χ2n) is 4.36. The van der Waals surface area contributed by atoms with Crippen molar-refractivity contribution < 1.29 is 14.4 Å². The predicted molar refractivity (Wildman–Crippen MR) is 56.4 cm³/mol. The average Bonchev–Trinajstić information content (AvgIpc) is 2.47. The summed E-state index contributed by atoms with van der Waals surface area (Å²) in [5, 5.41) is 0. The van der Waals surface area contributed by atoms with E-state index in [9.17, 15) is 14.4 Å². The van der Waals surface area contributed by atoms with Crippen molar-refractivity contribution in [1.82, 2.24) is 9.80 Å². The summed E-state index contributed by atoms with van der Waals surface area (Å²) in [5.74, 6) is -0.0481. The number of carbonyl (C=O) groups excluding carboxylic acids is 3. The number of rotatable bonds is 3. The maximum Gasteiger partial charge on any atom is 0.230 e. The van der Waals surface area contributed by atoms with Crippen LogP contribution in [0.2, 0.25) is 0 Å². The molecule has 0 unspecified atom stereocenters. The number of likely N-dealkylation sites (tertiary alicyclic amines) is 2. The Bertz CT molecular complexity index is 318. The summed E-state index contributed by atoms with van der Waals surface area (Å²) < 4.78 is 0. The zero-order chi connectivity index (χ0) is 11.7. The van der Waals surface area contributed by atoms with Gasteiger partial charge < -0.3 is 4.90 Å². The van der Waals surface area contributed by atoms with Gasteiger partial charge in [-0.1, -0.05) is 6.92 Å². The highest BCUT2D eigenvalue weighted by atomic mass is 16.2. The van der Waals surface area contributed by atoms with E-state index in [1.807, 2.05) is 6.92 Å². The molecular weight excluding hydrogens is 208 g/mol. The summed E-state index contributed by atoms with van der Waals surface area (Å²) >= 11 is 0. The normalized spacial score (nSPS) is 21.6. The number of carbonyl (C=O) groups is 3. The highest BCUT2D eigenvalue weighted by molar-refractivity contribution is 6.02. The van der Waals surface area contributed by atoms with Crippen molar-refractivity contribution in [2.24, 2.45) is 0 Å². The molecule has 5 nitrogen and oxygen atoms in total. The standard InChI is InChI=1S/C11H16N2O3/c1-2-3-9(14)12-6-8(7-12)13-10(15)4-5-11(13)16/h8H,2-7H2,1H3. The Morgan fingerprint density at radius 2 is 1.81 bits per heavy atom. The maximum atomic E-state index is 11.5. The lowest BCUT2D eigenvalue weighted by molar-refractivity contribution is -0.151. The van der Waals surface area contributed by atoms with E-state index in [0.29, 0.717) is 32.4 Å². The van der Waals surface area contributed by atoms with Crippen LogP contribution in [0.4, 0.5) is 0 Å². The summed E-state index contributed by atoms with van der Waals surface area (Å²) in [6, 6.07) is -0.0664. The monoisotopic (exact) mass is 224 g/mol. The lowest BCUT2D eigenvalue weighted by atomic mass is 10.1. The van der Waals surface area contributed by atoms with Gasteiger partial charge in [0.2, 0.25) is 17.7 Å². The Balaban J connectivity index is 1.86. The molecule has 16 heavy (non-hydrogen) atoms. The molecule has 0 aliphatic carbocycles. The molecule has 0 atom stereocenters. The first kappa shape index (κ1) is 11.1. The van der Waals surface area contributed by atoms with Crippen LogP contribution in [0.1, 0.15) is 32.6 Å². The van der Waals surface area contributed by atoms with Crippen LogP contribution in [-0.2, 0) is 14.4 Å². The van der Waals surface area contributed by atoms with Crippen LogP contribution in [0.3, 0.4) is 0 Å². The first-order valence-electron chi connectivity index (χ1n) is 5.76. The van der Waals surface area contributed by atoms with Gasteiger partial charge in [-0.3, -0.25) is 19.3 Å². The third kappa shape index (κ3) is 1.81. The molecule has 2 saturated heterocycles. The molecule has 2 aliphatic heterocycles. The zero-order valence-electron chi connectivity index (χ0n) is 9.44. The molecule has 0 bridgehead atoms. The SMILES string of the molecule is CCCC(=O)N1CC(N2C(=O)CCC2=O)C1. The van der Waals surface area contributed by atoms with Gasteiger partial charge in [0.15, 0.2) is 0 Å². The summed E-state index contributed by atoms with van der Waals surface area (Å²) in [6.45, 7) is 3.01. The summed E-state index contributed by atoms with van der Waals surface area (Å²) in [5.41, 5.74) is 0. The Labute approximate surface area is 94.4 Å². The predicted octanol–water partition coefficient (Wildman–Crippen LogP) is 0.146. The van der Waals surface area contributed by atoms with Crippen LogP contribution in [-0.4, -0.2) is 46.7 Å². The molecule has 0 aromatic heterocycles. The Hall–Kier alpha value is -1.39. The van der Waals surface area contributed by atoms with Crippen LogP contribution in [0.25, 0.3) is 0 Å². The van der Waals surface area contributed by atoms with Gasteiger partial charge in [-0.25, -0.2) is 0 Å². The highest BCUT2D eigenvalue weighted by Gasteiger charge is 2.42. The fourth-order valence-corrected chi connectivity index (χ4v) is 2.20. The van der Waals surface area contributed by atoms with Crippen molar-refractivity contribution in [3.8, 4) is 0 Å². The van der Waals surface area contributed by atoms with E-state index in [1.165, 1.54) is 4.90 Å². The maximum absolute atomic E-state index is 11.5. The van der Waals surface area contributed by atoms with Gasteiger partial charge >= 0.3 is 0 Å². The Kier molecular flexibility index (Phi) is 2.94. The van der Waals surface area contributed by atoms with Gasteiger partial charge in [-0.15, -0.1) is 0 Å². The van der Waals surface area contributed by atoms with Gasteiger partial charge in [-0.05, 0) is 6.42 Å². The van der Waals surface area contributed by atoms with E-state index in [-0.39, 0.29) is 23.8 Å². The quantitative estimate of drug-likeness (QED) is 0.641. The number of imide groups is 1. The molecule has 3 amide bonds. The third-order valence-corrected chi connectivity index (χ3v) is 3.13. The second-order valence-corrected chi connectivity index (χ2v) is 4.36. The van der Waals surface area contributed by atoms with E-state index >= 15 is 0 Å². The van der Waals surface area contributed by atoms with Crippen molar-refractivity contribution in [3.05, 3.63) is 0 Å². The van der Waals surface area contributed by atoms with E-state index in [1.54, 1.807) is 4.90 Å². The molecular formula is C11H16N2O3. The number of hydrogen-bond acceptors (Lipinski definition) is 3. The molecule has 0 aromatic carbocycles. The van der Waals surface area contributed by atoms with Crippen LogP contribution in [0.5, 0.6) is 0 Å². The fraction of sp³-hybridized carbons (Fsp3) is 0.727. The third-order valence-electron chi connectivity index (χ3n) is 3.13. The molecule has 2 fully saturated rings. The number of nitrogens with zero attached hydrogens (tertiary/aromatic N) is 2. The minimum Gasteiger partial charge on any atom is -0.338 e. The fourth-order valence-electron chi connectivity index (χ4n) is 2.20. The minimum atomic E-state index is -0.0856. The van der Waals surface area contributed by atoms with E-state index in [2.05, 4.69) is 0 Å². The summed E-state index contributed by atoms with van der Waals surface area (Å²) in [4.78, 5) is 37.4. The Morgan fingerprint density at radius 3 is 2.31 bits per heavy atom. The average molecular weight is 224 g/mol. The van der Waals surface area contributed by atoms with E-state index in [4.69, 9.17) is 0 Å². The smallest absolute Gasteiger partial charge is 0.230 e. The summed E-state index contributed by atoms with van der Waals surface area (Å²) in [6.07, 6.45) is 2.05. The van der Waals surface area contributed by atoms with Gasteiger partial charge in [-0.2, -0.15) is 0 Å². The van der Waals surface area contributed by atoms with Crippen LogP contribution in [0.15, 0.2) is 0 Å². The van der Waals surface area contributed by atoms with Crippen molar-refractivity contribution in [2.75, 3.05) is 13.1 Å². The largest absolute Gasteiger partial charge is 0.338 e. The first-order valence-corrected chi connectivity index (χ1v) is 5.76. The van der Waals surface area contributed by atoms with Gasteiger partial charge in [0, 0.05) is 32.4 Å². The van der Waals surface area contributed by atoms with Crippen molar-refractivity contribution >= 4 is 17.7 Å². The first-order chi connectivity index (χ1) is 7.63. The molecule has 5 heteroatoms. The molecule has 2 rings (SSSR count). The topological polar surface area (TPSA) is 57.7 Å². The second kappa shape index (κ2) is 4.23. The van der Waals surface area contributed by atoms with Gasteiger partial charge in [0.05, 0.1) is 6.04 Å². The summed E-state index contributed by atoms with van der Waals surface area (Å²) in [7, 11) is 0. The zero-order valence-corrected chi connectivity index (χ0v) is 9.44. The van der Waals surface area contributed by atoms with E-state index < -0.39 is 0 Å². The lowest BCUT2D eigenvalue weighted by Gasteiger charge is -2.43. The molecule has 0 N–H and O–H groups in total. The highest BCUT2D eigenvalue weighted by Crippen LogP contribution is 2.22. The van der Waals surface area contributed by atoms with E-state index in [0.717, 1.165) is 6.42 Å². The number of hydrogen-bond donors (Lipinski definition) is 0. The van der Waals surface area contributed by atoms with Crippen LogP contribution in [0, 0.1) is 0 Å². The lowest BCUT2D eigenvalue weighted by Crippen LogP contribution is -2.62. The van der Waals surface area contributed by atoms with Crippen molar-refractivity contribution in [2.45, 2.75) is 38.6 Å². The molecule has 0 spiro atoms. The van der Waals surface area contributed by atoms with Crippen LogP contribution < -0.4 is 0 Å². The molecule has 0 aromatic rings. The number of amides is 3. The Morgan fingerprint density at radius 1 is 1.25 bits per heavy atom. The molecule has 2 heterocycles.